The third kappa shape index (κ3) is 4.88. The Labute approximate surface area is 188 Å². The summed E-state index contributed by atoms with van der Waals surface area (Å²) in [6, 6.07) is 7.91. The van der Waals surface area contributed by atoms with E-state index < -0.39 is 0 Å². The molecule has 0 bridgehead atoms. The molecule has 2 N–H and O–H groups in total. The van der Waals surface area contributed by atoms with E-state index in [1.54, 1.807) is 23.3 Å². The second-order valence-corrected chi connectivity index (χ2v) is 8.39. The van der Waals surface area contributed by atoms with Crippen LogP contribution in [-0.2, 0) is 4.79 Å². The van der Waals surface area contributed by atoms with Crippen LogP contribution in [-0.4, -0.2) is 32.6 Å². The van der Waals surface area contributed by atoms with Gasteiger partial charge in [-0.1, -0.05) is 19.9 Å². The Morgan fingerprint density at radius 3 is 2.62 bits per heavy atom. The molecule has 2 amide bonds. The Kier molecular flexibility index (Phi) is 6.35. The lowest BCUT2D eigenvalue weighted by Gasteiger charge is -2.13. The van der Waals surface area contributed by atoms with Gasteiger partial charge in [-0.2, -0.15) is 5.10 Å². The summed E-state index contributed by atoms with van der Waals surface area (Å²) >= 11 is 0. The molecule has 0 unspecified atom stereocenters. The molecule has 4 rings (SSSR count). The number of hydrogen-bond donors (Lipinski definition) is 2. The van der Waals surface area contributed by atoms with Crippen molar-refractivity contribution in [3.8, 4) is 16.8 Å². The van der Waals surface area contributed by atoms with Crippen LogP contribution in [0.15, 0.2) is 49.1 Å². The second kappa shape index (κ2) is 9.34. The van der Waals surface area contributed by atoms with Gasteiger partial charge in [0, 0.05) is 29.3 Å². The lowest BCUT2D eigenvalue weighted by molar-refractivity contribution is -0.120. The van der Waals surface area contributed by atoms with Crippen LogP contribution < -0.4 is 10.6 Å². The summed E-state index contributed by atoms with van der Waals surface area (Å²) in [4.78, 5) is 29.1. The zero-order chi connectivity index (χ0) is 22.7. The zero-order valence-electron chi connectivity index (χ0n) is 18.8. The first-order chi connectivity index (χ1) is 15.5. The minimum absolute atomic E-state index is 0.00650. The summed E-state index contributed by atoms with van der Waals surface area (Å²) in [5.41, 5.74) is 4.99. The number of benzene rings is 1. The number of carbonyl (C=O) groups is 2. The lowest BCUT2D eigenvalue weighted by atomic mass is 10.0. The Balaban J connectivity index is 1.55. The van der Waals surface area contributed by atoms with Crippen LogP contribution in [0.5, 0.6) is 0 Å². The summed E-state index contributed by atoms with van der Waals surface area (Å²) in [5, 5.41) is 10.5. The van der Waals surface area contributed by atoms with Crippen molar-refractivity contribution in [2.45, 2.75) is 52.5 Å². The van der Waals surface area contributed by atoms with E-state index in [4.69, 9.17) is 0 Å². The highest BCUT2D eigenvalue weighted by Gasteiger charge is 2.24. The molecule has 1 fully saturated rings. The van der Waals surface area contributed by atoms with Crippen LogP contribution >= 0.6 is 0 Å². The van der Waals surface area contributed by atoms with Crippen molar-refractivity contribution in [3.63, 3.8) is 0 Å². The molecular weight excluding hydrogens is 402 g/mol. The van der Waals surface area contributed by atoms with Gasteiger partial charge in [0.15, 0.2) is 0 Å². The molecule has 1 saturated carbocycles. The normalized spacial score (nSPS) is 13.2. The van der Waals surface area contributed by atoms with E-state index in [2.05, 4.69) is 20.7 Å². The number of nitrogens with zero attached hydrogens (tertiary/aromatic N) is 3. The van der Waals surface area contributed by atoms with Crippen LogP contribution in [0.3, 0.4) is 0 Å². The number of amides is 2. The van der Waals surface area contributed by atoms with Gasteiger partial charge in [-0.3, -0.25) is 14.6 Å². The van der Waals surface area contributed by atoms with Crippen molar-refractivity contribution in [3.05, 3.63) is 60.2 Å². The van der Waals surface area contributed by atoms with Crippen molar-refractivity contribution in [1.29, 1.82) is 0 Å². The Hall–Kier alpha value is -3.48. The van der Waals surface area contributed by atoms with Crippen LogP contribution in [0.1, 0.15) is 55.5 Å². The summed E-state index contributed by atoms with van der Waals surface area (Å²) in [6.45, 7) is 6.05. The highest BCUT2D eigenvalue weighted by atomic mass is 16.2. The maximum absolute atomic E-state index is 12.5. The van der Waals surface area contributed by atoms with Crippen LogP contribution in [0, 0.1) is 12.8 Å². The van der Waals surface area contributed by atoms with E-state index in [9.17, 15) is 9.59 Å². The average molecular weight is 432 g/mol. The third-order valence-electron chi connectivity index (χ3n) is 5.92. The molecule has 7 nitrogen and oxygen atoms in total. The summed E-state index contributed by atoms with van der Waals surface area (Å²) in [7, 11) is 0. The summed E-state index contributed by atoms with van der Waals surface area (Å²) in [5.74, 6) is -0.0411. The number of nitrogens with one attached hydrogen (secondary N) is 2. The fourth-order valence-electron chi connectivity index (χ4n) is 3.70. The number of carbonyl (C=O) groups excluding carboxylic acids is 2. The van der Waals surface area contributed by atoms with Gasteiger partial charge in [0.05, 0.1) is 30.0 Å². The van der Waals surface area contributed by atoms with Crippen molar-refractivity contribution < 1.29 is 9.59 Å². The van der Waals surface area contributed by atoms with Crippen molar-refractivity contribution >= 4 is 17.5 Å². The van der Waals surface area contributed by atoms with Crippen molar-refractivity contribution in [2.24, 2.45) is 5.92 Å². The summed E-state index contributed by atoms with van der Waals surface area (Å²) in [6.07, 6.45) is 10.7. The molecule has 0 spiro atoms. The van der Waals surface area contributed by atoms with Gasteiger partial charge < -0.3 is 10.6 Å². The molecule has 7 heteroatoms. The lowest BCUT2D eigenvalue weighted by Crippen LogP contribution is -2.25. The fraction of sp³-hybridized carbons (Fsp3) is 0.360. The van der Waals surface area contributed by atoms with Crippen LogP contribution in [0.4, 0.5) is 5.69 Å². The number of hydrogen-bond acceptors (Lipinski definition) is 4. The molecule has 0 saturated heterocycles. The first kappa shape index (κ1) is 21.7. The molecule has 0 aliphatic heterocycles. The van der Waals surface area contributed by atoms with E-state index in [1.165, 1.54) is 0 Å². The molecule has 0 radical (unpaired) electrons. The second-order valence-electron chi connectivity index (χ2n) is 8.39. The SMILES string of the molecule is CCC(CC)C(=O)Nc1cncc(-n2cc(-c3cc(C(=O)NC4CC4)ccc3C)cn2)c1. The minimum atomic E-state index is -0.0359. The predicted octanol–water partition coefficient (Wildman–Crippen LogP) is 4.51. The molecule has 1 aliphatic rings. The van der Waals surface area contributed by atoms with Gasteiger partial charge in [-0.15, -0.1) is 0 Å². The molecule has 3 aromatic rings. The Bertz CT molecular complexity index is 1130. The van der Waals surface area contributed by atoms with Crippen LogP contribution in [0.25, 0.3) is 16.8 Å². The molecule has 0 atom stereocenters. The van der Waals surface area contributed by atoms with Crippen LogP contribution in [0.2, 0.25) is 0 Å². The first-order valence-corrected chi connectivity index (χ1v) is 11.2. The van der Waals surface area contributed by atoms with Crippen molar-refractivity contribution in [2.75, 3.05) is 5.32 Å². The maximum Gasteiger partial charge on any atom is 0.251 e. The smallest absolute Gasteiger partial charge is 0.251 e. The van der Waals surface area contributed by atoms with E-state index >= 15 is 0 Å². The molecule has 2 heterocycles. The van der Waals surface area contributed by atoms with Gasteiger partial charge >= 0.3 is 0 Å². The van der Waals surface area contributed by atoms with E-state index in [-0.39, 0.29) is 17.7 Å². The Morgan fingerprint density at radius 2 is 1.91 bits per heavy atom. The number of anilines is 1. The number of pyridine rings is 1. The van der Waals surface area contributed by atoms with E-state index in [1.807, 2.05) is 51.2 Å². The van der Waals surface area contributed by atoms with Gasteiger partial charge in [0.1, 0.15) is 0 Å². The quantitative estimate of drug-likeness (QED) is 0.549. The summed E-state index contributed by atoms with van der Waals surface area (Å²) < 4.78 is 1.73. The minimum Gasteiger partial charge on any atom is -0.349 e. The average Bonchev–Trinajstić information content (AvgIpc) is 3.46. The fourth-order valence-corrected chi connectivity index (χ4v) is 3.70. The predicted molar refractivity (Wildman–Crippen MR) is 125 cm³/mol. The molecule has 2 aromatic heterocycles. The van der Waals surface area contributed by atoms with Gasteiger partial charge in [0.2, 0.25) is 5.91 Å². The first-order valence-electron chi connectivity index (χ1n) is 11.2. The molecule has 166 valence electrons. The topological polar surface area (TPSA) is 88.9 Å². The monoisotopic (exact) mass is 431 g/mol. The third-order valence-corrected chi connectivity index (χ3v) is 5.92. The highest BCUT2D eigenvalue weighted by molar-refractivity contribution is 5.96. The maximum atomic E-state index is 12.5. The van der Waals surface area contributed by atoms with E-state index in [0.29, 0.717) is 17.3 Å². The number of aromatic nitrogens is 3. The number of aryl methyl sites for hydroxylation is 1. The molecule has 1 aromatic carbocycles. The van der Waals surface area contributed by atoms with Gasteiger partial charge in [-0.25, -0.2) is 4.68 Å². The van der Waals surface area contributed by atoms with E-state index in [0.717, 1.165) is 48.1 Å². The highest BCUT2D eigenvalue weighted by Crippen LogP contribution is 2.26. The molecule has 1 aliphatic carbocycles. The Morgan fingerprint density at radius 1 is 1.12 bits per heavy atom. The van der Waals surface area contributed by atoms with Gasteiger partial charge in [0.25, 0.3) is 5.91 Å². The zero-order valence-corrected chi connectivity index (χ0v) is 18.8. The van der Waals surface area contributed by atoms with Crippen molar-refractivity contribution in [1.82, 2.24) is 20.1 Å². The standard InChI is InChI=1S/C25H29N5O2/c1-4-17(5-2)24(31)29-21-11-22(14-26-13-21)30-15-19(12-27-30)23-10-18(7-6-16(23)3)25(32)28-20-8-9-20/h6-7,10-15,17,20H,4-5,8-9H2,1-3H3,(H,28,32)(H,29,31). The molecular formula is C25H29N5O2. The molecule has 32 heavy (non-hydrogen) atoms. The number of rotatable bonds is 8. The largest absolute Gasteiger partial charge is 0.349 e. The van der Waals surface area contributed by atoms with Gasteiger partial charge in [-0.05, 0) is 61.9 Å².